The fourth-order valence-electron chi connectivity index (χ4n) is 3.43. The van der Waals surface area contributed by atoms with Crippen LogP contribution in [0, 0.1) is 6.92 Å². The van der Waals surface area contributed by atoms with E-state index in [0.29, 0.717) is 6.54 Å². The summed E-state index contributed by atoms with van der Waals surface area (Å²) in [7, 11) is 0. The minimum Gasteiger partial charge on any atom is -0.365 e. The van der Waals surface area contributed by atoms with Crippen molar-refractivity contribution >= 4 is 16.7 Å². The Bertz CT molecular complexity index is 1340. The van der Waals surface area contributed by atoms with Gasteiger partial charge in [-0.3, -0.25) is 9.97 Å². The number of hydrogen-bond acceptors (Lipinski definition) is 7. The Kier molecular flexibility index (Phi) is 4.98. The molecule has 150 valence electrons. The molecule has 0 fully saturated rings. The molecule has 1 N–H and O–H groups in total. The lowest BCUT2D eigenvalue weighted by Gasteiger charge is -2.10. The van der Waals surface area contributed by atoms with Crippen LogP contribution in [-0.2, 0) is 6.54 Å². The highest BCUT2D eigenvalue weighted by Crippen LogP contribution is 2.26. The van der Waals surface area contributed by atoms with Crippen molar-refractivity contribution in [3.63, 3.8) is 0 Å². The molecule has 0 spiro atoms. The number of benzene rings is 1. The number of aromatic nitrogens is 6. The van der Waals surface area contributed by atoms with E-state index in [-0.39, 0.29) is 0 Å². The molecular formula is C24H19N7. The number of aryl methyl sites for hydroxylation is 1. The molecule has 5 aromatic rings. The summed E-state index contributed by atoms with van der Waals surface area (Å²) in [6.45, 7) is 2.59. The van der Waals surface area contributed by atoms with Crippen LogP contribution in [0.15, 0.2) is 79.6 Å². The van der Waals surface area contributed by atoms with E-state index in [1.54, 1.807) is 24.9 Å². The minimum atomic E-state index is 0.616. The quantitative estimate of drug-likeness (QED) is 0.461. The van der Waals surface area contributed by atoms with Crippen molar-refractivity contribution in [1.82, 2.24) is 30.1 Å². The first-order valence-electron chi connectivity index (χ1n) is 9.90. The molecule has 0 aliphatic carbocycles. The standard InChI is InChI=1S/C24H19N7/c1-16-10-19(6-8-25-16)22-5-2-17(12-26-22)13-27-24-21-4-3-18(11-23(21)28-15-29-24)20-7-9-30-31-14-20/h2-12,14-15H,13H2,1H3,(H,27,28,29). The van der Waals surface area contributed by atoms with Crippen molar-refractivity contribution < 1.29 is 0 Å². The first-order chi connectivity index (χ1) is 15.3. The van der Waals surface area contributed by atoms with Gasteiger partial charge in [0.25, 0.3) is 0 Å². The Labute approximate surface area is 179 Å². The smallest absolute Gasteiger partial charge is 0.137 e. The Morgan fingerprint density at radius 1 is 0.742 bits per heavy atom. The van der Waals surface area contributed by atoms with Crippen molar-refractivity contribution in [3.8, 4) is 22.4 Å². The molecule has 31 heavy (non-hydrogen) atoms. The minimum absolute atomic E-state index is 0.616. The molecule has 4 aromatic heterocycles. The third-order valence-electron chi connectivity index (χ3n) is 5.03. The van der Waals surface area contributed by atoms with Gasteiger partial charge in [0, 0.05) is 41.1 Å². The Hall–Kier alpha value is -4.26. The molecule has 0 saturated heterocycles. The number of fused-ring (bicyclic) bond motifs is 1. The fourth-order valence-corrected chi connectivity index (χ4v) is 3.43. The van der Waals surface area contributed by atoms with Gasteiger partial charge in [-0.25, -0.2) is 9.97 Å². The van der Waals surface area contributed by atoms with Crippen LogP contribution in [-0.4, -0.2) is 30.1 Å². The van der Waals surface area contributed by atoms with Gasteiger partial charge in [0.15, 0.2) is 0 Å². The summed E-state index contributed by atoms with van der Waals surface area (Å²) in [6.07, 6.45) is 8.69. The summed E-state index contributed by atoms with van der Waals surface area (Å²) in [6, 6.07) is 16.1. The van der Waals surface area contributed by atoms with Crippen LogP contribution >= 0.6 is 0 Å². The zero-order valence-electron chi connectivity index (χ0n) is 16.9. The van der Waals surface area contributed by atoms with Crippen LogP contribution < -0.4 is 5.32 Å². The molecule has 0 amide bonds. The third kappa shape index (κ3) is 4.06. The molecule has 0 bridgehead atoms. The predicted octanol–water partition coefficient (Wildman–Crippen LogP) is 4.46. The second-order valence-electron chi connectivity index (χ2n) is 7.18. The van der Waals surface area contributed by atoms with Crippen LogP contribution in [0.5, 0.6) is 0 Å². The normalized spacial score (nSPS) is 10.9. The average Bonchev–Trinajstić information content (AvgIpc) is 2.83. The number of anilines is 1. The zero-order chi connectivity index (χ0) is 21.0. The van der Waals surface area contributed by atoms with Gasteiger partial charge in [-0.05, 0) is 54.4 Å². The molecule has 7 nitrogen and oxygen atoms in total. The second-order valence-corrected chi connectivity index (χ2v) is 7.18. The van der Waals surface area contributed by atoms with Gasteiger partial charge in [0.2, 0.25) is 0 Å². The van der Waals surface area contributed by atoms with E-state index in [0.717, 1.165) is 50.4 Å². The largest absolute Gasteiger partial charge is 0.365 e. The van der Waals surface area contributed by atoms with Crippen molar-refractivity contribution in [1.29, 1.82) is 0 Å². The van der Waals surface area contributed by atoms with Gasteiger partial charge < -0.3 is 5.32 Å². The lowest BCUT2D eigenvalue weighted by molar-refractivity contribution is 1.03. The molecule has 0 unspecified atom stereocenters. The predicted molar refractivity (Wildman–Crippen MR) is 120 cm³/mol. The van der Waals surface area contributed by atoms with E-state index < -0.39 is 0 Å². The van der Waals surface area contributed by atoms with Gasteiger partial charge >= 0.3 is 0 Å². The molecule has 0 aliphatic heterocycles. The Morgan fingerprint density at radius 3 is 2.48 bits per heavy atom. The van der Waals surface area contributed by atoms with Gasteiger partial charge in [0.1, 0.15) is 12.1 Å². The van der Waals surface area contributed by atoms with E-state index in [9.17, 15) is 0 Å². The maximum atomic E-state index is 4.60. The summed E-state index contributed by atoms with van der Waals surface area (Å²) in [5.41, 5.74) is 6.95. The van der Waals surface area contributed by atoms with Crippen molar-refractivity contribution in [2.45, 2.75) is 13.5 Å². The van der Waals surface area contributed by atoms with Crippen LogP contribution in [0.2, 0.25) is 0 Å². The number of rotatable bonds is 5. The molecule has 0 aliphatic rings. The average molecular weight is 405 g/mol. The summed E-state index contributed by atoms with van der Waals surface area (Å²) in [4.78, 5) is 17.7. The highest BCUT2D eigenvalue weighted by atomic mass is 15.1. The maximum Gasteiger partial charge on any atom is 0.137 e. The van der Waals surface area contributed by atoms with Crippen LogP contribution in [0.4, 0.5) is 5.82 Å². The van der Waals surface area contributed by atoms with Gasteiger partial charge in [-0.1, -0.05) is 12.1 Å². The molecule has 4 heterocycles. The monoisotopic (exact) mass is 405 g/mol. The number of nitrogens with one attached hydrogen (secondary N) is 1. The molecule has 0 atom stereocenters. The number of hydrogen-bond donors (Lipinski definition) is 1. The molecule has 0 saturated carbocycles. The van der Waals surface area contributed by atoms with Crippen molar-refractivity contribution in [2.24, 2.45) is 0 Å². The summed E-state index contributed by atoms with van der Waals surface area (Å²) < 4.78 is 0. The lowest BCUT2D eigenvalue weighted by Crippen LogP contribution is -2.03. The fraction of sp³-hybridized carbons (Fsp3) is 0.0833. The summed E-state index contributed by atoms with van der Waals surface area (Å²) in [5, 5.41) is 12.2. The van der Waals surface area contributed by atoms with E-state index in [1.165, 1.54) is 0 Å². The molecule has 0 radical (unpaired) electrons. The molecular weight excluding hydrogens is 386 g/mol. The summed E-state index contributed by atoms with van der Waals surface area (Å²) in [5.74, 6) is 0.790. The number of nitrogens with zero attached hydrogens (tertiary/aromatic N) is 6. The SMILES string of the molecule is Cc1cc(-c2ccc(CNc3ncnc4cc(-c5ccnnc5)ccc34)cn2)ccn1. The van der Waals surface area contributed by atoms with Crippen LogP contribution in [0.1, 0.15) is 11.3 Å². The van der Waals surface area contributed by atoms with Gasteiger partial charge in [-0.2, -0.15) is 10.2 Å². The zero-order valence-corrected chi connectivity index (χ0v) is 16.9. The van der Waals surface area contributed by atoms with Crippen LogP contribution in [0.25, 0.3) is 33.3 Å². The van der Waals surface area contributed by atoms with Gasteiger partial charge in [0.05, 0.1) is 23.6 Å². The highest BCUT2D eigenvalue weighted by molar-refractivity contribution is 5.91. The summed E-state index contributed by atoms with van der Waals surface area (Å²) >= 11 is 0. The second kappa shape index (κ2) is 8.23. The Morgan fingerprint density at radius 2 is 1.68 bits per heavy atom. The molecule has 1 aromatic carbocycles. The number of pyridine rings is 2. The lowest BCUT2D eigenvalue weighted by atomic mass is 10.1. The third-order valence-corrected chi connectivity index (χ3v) is 5.03. The van der Waals surface area contributed by atoms with E-state index in [1.807, 2.05) is 55.6 Å². The Balaban J connectivity index is 1.35. The van der Waals surface area contributed by atoms with Crippen LogP contribution in [0.3, 0.4) is 0 Å². The van der Waals surface area contributed by atoms with Crippen molar-refractivity contribution in [2.75, 3.05) is 5.32 Å². The van der Waals surface area contributed by atoms with E-state index >= 15 is 0 Å². The maximum absolute atomic E-state index is 4.60. The highest BCUT2D eigenvalue weighted by Gasteiger charge is 2.07. The first kappa shape index (κ1) is 18.7. The van der Waals surface area contributed by atoms with E-state index in [2.05, 4.69) is 41.5 Å². The first-order valence-corrected chi connectivity index (χ1v) is 9.90. The van der Waals surface area contributed by atoms with Gasteiger partial charge in [-0.15, -0.1) is 0 Å². The van der Waals surface area contributed by atoms with E-state index in [4.69, 9.17) is 0 Å². The van der Waals surface area contributed by atoms with Crippen molar-refractivity contribution in [3.05, 3.63) is 90.9 Å². The topological polar surface area (TPSA) is 89.4 Å². The molecule has 7 heteroatoms. The molecule has 5 rings (SSSR count).